The molecule has 0 aliphatic carbocycles. The van der Waals surface area contributed by atoms with Crippen molar-refractivity contribution in [3.63, 3.8) is 0 Å². The van der Waals surface area contributed by atoms with Crippen LogP contribution >= 0.6 is 0 Å². The lowest BCUT2D eigenvalue weighted by Gasteiger charge is -2.35. The molecular formula is C17H23FN4O2. The van der Waals surface area contributed by atoms with E-state index in [9.17, 15) is 9.50 Å². The van der Waals surface area contributed by atoms with Gasteiger partial charge in [-0.2, -0.15) is 4.98 Å². The van der Waals surface area contributed by atoms with E-state index in [-0.39, 0.29) is 5.82 Å². The molecule has 0 bridgehead atoms. The monoisotopic (exact) mass is 334 g/mol. The highest BCUT2D eigenvalue weighted by atomic mass is 19.1. The fraction of sp³-hybridized carbons (Fsp3) is 0.529. The summed E-state index contributed by atoms with van der Waals surface area (Å²) in [6.07, 6.45) is -0.600. The van der Waals surface area contributed by atoms with Crippen molar-refractivity contribution in [2.24, 2.45) is 0 Å². The maximum Gasteiger partial charge on any atom is 0.223 e. The molecule has 2 heterocycles. The molecule has 1 unspecified atom stereocenters. The predicted molar refractivity (Wildman–Crippen MR) is 86.8 cm³/mol. The number of benzene rings is 1. The van der Waals surface area contributed by atoms with Gasteiger partial charge in [0, 0.05) is 39.6 Å². The average molecular weight is 334 g/mol. The summed E-state index contributed by atoms with van der Waals surface area (Å²) >= 11 is 0. The largest absolute Gasteiger partial charge is 0.387 e. The number of halogens is 1. The SMILES string of the molecule is Cc1nc(CN2CCN(CC(O)c3ccc(F)cc3C)CC2)no1. The molecule has 0 spiro atoms. The van der Waals surface area contributed by atoms with Crippen LogP contribution in [-0.4, -0.2) is 57.8 Å². The Kier molecular flexibility index (Phi) is 5.23. The molecule has 2 aromatic rings. The fourth-order valence-corrected chi connectivity index (χ4v) is 3.09. The lowest BCUT2D eigenvalue weighted by Crippen LogP contribution is -2.47. The molecule has 1 aliphatic heterocycles. The molecule has 0 amide bonds. The average Bonchev–Trinajstić information content (AvgIpc) is 2.94. The summed E-state index contributed by atoms with van der Waals surface area (Å²) < 4.78 is 18.2. The Morgan fingerprint density at radius 1 is 1.21 bits per heavy atom. The second-order valence-electron chi connectivity index (χ2n) is 6.32. The Hall–Kier alpha value is -1.83. The van der Waals surface area contributed by atoms with Gasteiger partial charge >= 0.3 is 0 Å². The van der Waals surface area contributed by atoms with Crippen molar-refractivity contribution >= 4 is 0 Å². The van der Waals surface area contributed by atoms with Crippen molar-refractivity contribution in [2.75, 3.05) is 32.7 Å². The Balaban J connectivity index is 1.49. The molecule has 0 saturated carbocycles. The number of piperazine rings is 1. The van der Waals surface area contributed by atoms with Gasteiger partial charge in [0.1, 0.15) is 5.82 Å². The van der Waals surface area contributed by atoms with E-state index in [1.54, 1.807) is 13.0 Å². The van der Waals surface area contributed by atoms with E-state index in [0.717, 1.165) is 37.3 Å². The highest BCUT2D eigenvalue weighted by molar-refractivity contribution is 5.28. The van der Waals surface area contributed by atoms with Crippen molar-refractivity contribution in [1.82, 2.24) is 19.9 Å². The first-order valence-electron chi connectivity index (χ1n) is 8.19. The smallest absolute Gasteiger partial charge is 0.223 e. The fourth-order valence-electron chi connectivity index (χ4n) is 3.09. The van der Waals surface area contributed by atoms with Crippen molar-refractivity contribution in [3.05, 3.63) is 46.9 Å². The second-order valence-corrected chi connectivity index (χ2v) is 6.32. The van der Waals surface area contributed by atoms with Crippen molar-refractivity contribution < 1.29 is 14.0 Å². The van der Waals surface area contributed by atoms with Crippen LogP contribution in [0.15, 0.2) is 22.7 Å². The van der Waals surface area contributed by atoms with Gasteiger partial charge in [-0.15, -0.1) is 0 Å². The van der Waals surface area contributed by atoms with Crippen LogP contribution in [0.4, 0.5) is 4.39 Å². The number of aliphatic hydroxyl groups excluding tert-OH is 1. The van der Waals surface area contributed by atoms with Gasteiger partial charge in [0.25, 0.3) is 0 Å². The molecule has 1 atom stereocenters. The van der Waals surface area contributed by atoms with Crippen LogP contribution in [0.2, 0.25) is 0 Å². The lowest BCUT2D eigenvalue weighted by molar-refractivity contribution is 0.0687. The van der Waals surface area contributed by atoms with Gasteiger partial charge in [-0.05, 0) is 30.2 Å². The van der Waals surface area contributed by atoms with Gasteiger partial charge in [0.15, 0.2) is 5.82 Å². The van der Waals surface area contributed by atoms with Gasteiger partial charge in [-0.3, -0.25) is 9.80 Å². The number of aromatic nitrogens is 2. The van der Waals surface area contributed by atoms with Crippen LogP contribution in [-0.2, 0) is 6.54 Å². The second kappa shape index (κ2) is 7.38. The summed E-state index contributed by atoms with van der Waals surface area (Å²) in [5, 5.41) is 14.4. The minimum Gasteiger partial charge on any atom is -0.387 e. The number of hydrogen-bond donors (Lipinski definition) is 1. The number of β-amino-alcohol motifs (C(OH)–C–C–N with tert-alkyl or cyclic N) is 1. The van der Waals surface area contributed by atoms with Crippen LogP contribution in [0.5, 0.6) is 0 Å². The van der Waals surface area contributed by atoms with E-state index in [1.807, 2.05) is 6.92 Å². The topological polar surface area (TPSA) is 65.6 Å². The highest BCUT2D eigenvalue weighted by Gasteiger charge is 2.21. The van der Waals surface area contributed by atoms with E-state index in [4.69, 9.17) is 4.52 Å². The first-order valence-corrected chi connectivity index (χ1v) is 8.19. The first kappa shape index (κ1) is 17.0. The van der Waals surface area contributed by atoms with Gasteiger partial charge < -0.3 is 9.63 Å². The molecule has 0 radical (unpaired) electrons. The highest BCUT2D eigenvalue weighted by Crippen LogP contribution is 2.20. The maximum absolute atomic E-state index is 13.2. The zero-order chi connectivity index (χ0) is 17.1. The molecule has 1 fully saturated rings. The molecule has 1 N–H and O–H groups in total. The summed E-state index contributed by atoms with van der Waals surface area (Å²) in [5.74, 6) is 1.03. The summed E-state index contributed by atoms with van der Waals surface area (Å²) in [4.78, 5) is 8.73. The maximum atomic E-state index is 13.2. The normalized spacial score (nSPS) is 18.0. The van der Waals surface area contributed by atoms with Gasteiger partial charge in [0.05, 0.1) is 12.6 Å². The van der Waals surface area contributed by atoms with Crippen molar-refractivity contribution in [3.8, 4) is 0 Å². The van der Waals surface area contributed by atoms with Gasteiger partial charge in [-0.25, -0.2) is 4.39 Å². The molecule has 24 heavy (non-hydrogen) atoms. The number of aliphatic hydroxyl groups is 1. The third kappa shape index (κ3) is 4.17. The van der Waals surface area contributed by atoms with Crippen LogP contribution in [0.25, 0.3) is 0 Å². The standard InChI is InChI=1S/C17H23FN4O2/c1-12-9-14(18)3-4-15(12)16(23)10-21-5-7-22(8-6-21)11-17-19-13(2)24-20-17/h3-4,9,16,23H,5-8,10-11H2,1-2H3. The third-order valence-electron chi connectivity index (χ3n) is 4.42. The zero-order valence-electron chi connectivity index (χ0n) is 14.1. The van der Waals surface area contributed by atoms with E-state index in [0.29, 0.717) is 24.8 Å². The Labute approximate surface area is 140 Å². The molecule has 3 rings (SSSR count). The minimum absolute atomic E-state index is 0.270. The van der Waals surface area contributed by atoms with Crippen LogP contribution in [0.1, 0.15) is 28.9 Å². The Bertz CT molecular complexity index is 683. The molecular weight excluding hydrogens is 311 g/mol. The molecule has 6 nitrogen and oxygen atoms in total. The molecule has 130 valence electrons. The number of hydrogen-bond acceptors (Lipinski definition) is 6. The Morgan fingerprint density at radius 3 is 2.54 bits per heavy atom. The number of nitrogens with zero attached hydrogens (tertiary/aromatic N) is 4. The molecule has 7 heteroatoms. The summed E-state index contributed by atoms with van der Waals surface area (Å²) in [6, 6.07) is 4.53. The van der Waals surface area contributed by atoms with Crippen molar-refractivity contribution in [2.45, 2.75) is 26.5 Å². The van der Waals surface area contributed by atoms with E-state index in [2.05, 4.69) is 19.9 Å². The van der Waals surface area contributed by atoms with Crippen molar-refractivity contribution in [1.29, 1.82) is 0 Å². The molecule has 1 aromatic carbocycles. The van der Waals surface area contributed by atoms with Crippen LogP contribution in [0.3, 0.4) is 0 Å². The first-order chi connectivity index (χ1) is 11.5. The predicted octanol–water partition coefficient (Wildman–Crippen LogP) is 1.68. The van der Waals surface area contributed by atoms with Gasteiger partial charge in [-0.1, -0.05) is 11.2 Å². The van der Waals surface area contributed by atoms with E-state index in [1.165, 1.54) is 12.1 Å². The summed E-state index contributed by atoms with van der Waals surface area (Å²) in [5.41, 5.74) is 1.58. The molecule has 1 aromatic heterocycles. The number of rotatable bonds is 5. The Morgan fingerprint density at radius 2 is 1.92 bits per heavy atom. The minimum atomic E-state index is -0.600. The van der Waals surface area contributed by atoms with Crippen LogP contribution in [0, 0.1) is 19.7 Å². The quantitative estimate of drug-likeness (QED) is 0.897. The van der Waals surface area contributed by atoms with Gasteiger partial charge in [0.2, 0.25) is 5.89 Å². The summed E-state index contributed by atoms with van der Waals surface area (Å²) in [7, 11) is 0. The molecule has 1 aliphatic rings. The van der Waals surface area contributed by atoms with Crippen LogP contribution < -0.4 is 0 Å². The number of aryl methyl sites for hydroxylation is 2. The lowest BCUT2D eigenvalue weighted by atomic mass is 10.0. The van der Waals surface area contributed by atoms with E-state index < -0.39 is 6.10 Å². The third-order valence-corrected chi connectivity index (χ3v) is 4.42. The summed E-state index contributed by atoms with van der Waals surface area (Å²) in [6.45, 7) is 8.37. The zero-order valence-corrected chi connectivity index (χ0v) is 14.1. The molecule has 1 saturated heterocycles. The van der Waals surface area contributed by atoms with E-state index >= 15 is 0 Å².